The Morgan fingerprint density at radius 1 is 0.842 bits per heavy atom. The fourth-order valence-corrected chi connectivity index (χ4v) is 4.62. The lowest BCUT2D eigenvalue weighted by molar-refractivity contribution is -0.384. The molecule has 1 fully saturated rings. The third-order valence-electron chi connectivity index (χ3n) is 6.88. The lowest BCUT2D eigenvalue weighted by atomic mass is 9.85. The summed E-state index contributed by atoms with van der Waals surface area (Å²) in [7, 11) is 0. The van der Waals surface area contributed by atoms with Gasteiger partial charge in [-0.1, -0.05) is 90.1 Å². The number of rotatable bonds is 4. The van der Waals surface area contributed by atoms with Crippen molar-refractivity contribution in [2.24, 2.45) is 0 Å². The van der Waals surface area contributed by atoms with Gasteiger partial charge in [-0.2, -0.15) is 0 Å². The molecule has 1 atom stereocenters. The smallest absolute Gasteiger partial charge is 0.300 e. The lowest BCUT2D eigenvalue weighted by Crippen LogP contribution is -2.29. The zero-order chi connectivity index (χ0) is 28.0. The van der Waals surface area contributed by atoms with Crippen molar-refractivity contribution in [2.45, 2.75) is 58.4 Å². The number of carbonyl (C=O) groups is 2. The van der Waals surface area contributed by atoms with Gasteiger partial charge in [-0.15, -0.1) is 0 Å². The summed E-state index contributed by atoms with van der Waals surface area (Å²) >= 11 is 0. The van der Waals surface area contributed by atoms with Crippen molar-refractivity contribution in [2.75, 3.05) is 4.90 Å². The van der Waals surface area contributed by atoms with Gasteiger partial charge in [-0.3, -0.25) is 24.6 Å². The van der Waals surface area contributed by atoms with Crippen molar-refractivity contribution >= 4 is 28.8 Å². The van der Waals surface area contributed by atoms with Crippen LogP contribution in [0.2, 0.25) is 0 Å². The maximum Gasteiger partial charge on any atom is 0.300 e. The Kier molecular flexibility index (Phi) is 6.74. The number of nitrogens with zero attached hydrogens (tertiary/aromatic N) is 2. The molecule has 7 heteroatoms. The molecule has 1 aliphatic heterocycles. The molecule has 4 rings (SSSR count). The number of hydrogen-bond donors (Lipinski definition) is 1. The van der Waals surface area contributed by atoms with Gasteiger partial charge in [0, 0.05) is 23.4 Å². The summed E-state index contributed by atoms with van der Waals surface area (Å²) < 4.78 is 0. The SMILES string of the molecule is CC(C)(C)c1ccc(C2/C(=C(/O)c3cccc([N+](=O)[O-])c3)C(=O)C(=O)N2c2ccc(C(C)(C)C)cc2)cc1. The van der Waals surface area contributed by atoms with E-state index in [0.717, 1.165) is 11.1 Å². The van der Waals surface area contributed by atoms with Gasteiger partial charge in [-0.25, -0.2) is 0 Å². The van der Waals surface area contributed by atoms with Crippen molar-refractivity contribution in [3.8, 4) is 0 Å². The fraction of sp³-hybridized carbons (Fsp3) is 0.290. The van der Waals surface area contributed by atoms with E-state index in [9.17, 15) is 24.8 Å². The summed E-state index contributed by atoms with van der Waals surface area (Å²) in [6.07, 6.45) is 0. The molecule has 1 N–H and O–H groups in total. The van der Waals surface area contributed by atoms with Crippen LogP contribution >= 0.6 is 0 Å². The summed E-state index contributed by atoms with van der Waals surface area (Å²) in [5.74, 6) is -2.07. The van der Waals surface area contributed by atoms with Crippen LogP contribution in [0.1, 0.15) is 69.8 Å². The highest BCUT2D eigenvalue weighted by molar-refractivity contribution is 6.51. The van der Waals surface area contributed by atoms with E-state index in [4.69, 9.17) is 0 Å². The van der Waals surface area contributed by atoms with Crippen molar-refractivity contribution in [1.29, 1.82) is 0 Å². The Balaban J connectivity index is 1.92. The Morgan fingerprint density at radius 2 is 1.37 bits per heavy atom. The van der Waals surface area contributed by atoms with Gasteiger partial charge in [0.25, 0.3) is 17.4 Å². The van der Waals surface area contributed by atoms with E-state index < -0.39 is 28.4 Å². The number of aliphatic hydroxyl groups excluding tert-OH is 1. The number of nitro benzene ring substituents is 1. The fourth-order valence-electron chi connectivity index (χ4n) is 4.62. The van der Waals surface area contributed by atoms with Gasteiger partial charge in [0.1, 0.15) is 5.76 Å². The number of aliphatic hydroxyl groups is 1. The highest BCUT2D eigenvalue weighted by Crippen LogP contribution is 2.43. The predicted octanol–water partition coefficient (Wildman–Crippen LogP) is 6.82. The van der Waals surface area contributed by atoms with Gasteiger partial charge in [0.2, 0.25) is 0 Å². The van der Waals surface area contributed by atoms with Crippen LogP contribution < -0.4 is 4.90 Å². The summed E-state index contributed by atoms with van der Waals surface area (Å²) in [5.41, 5.74) is 2.85. The number of amides is 1. The minimum Gasteiger partial charge on any atom is -0.507 e. The van der Waals surface area contributed by atoms with Crippen LogP contribution in [0.5, 0.6) is 0 Å². The van der Waals surface area contributed by atoms with Crippen molar-refractivity contribution in [3.63, 3.8) is 0 Å². The molecule has 0 saturated carbocycles. The van der Waals surface area contributed by atoms with Gasteiger partial charge >= 0.3 is 0 Å². The predicted molar refractivity (Wildman–Crippen MR) is 148 cm³/mol. The minimum absolute atomic E-state index is 0.0941. The number of Topliss-reactive ketones (excluding diaryl/α,β-unsaturated/α-hetero) is 1. The van der Waals surface area contributed by atoms with Crippen molar-refractivity contribution in [1.82, 2.24) is 0 Å². The topological polar surface area (TPSA) is 101 Å². The van der Waals surface area contributed by atoms with E-state index in [1.807, 2.05) is 36.4 Å². The van der Waals surface area contributed by atoms with E-state index in [1.54, 1.807) is 12.1 Å². The maximum absolute atomic E-state index is 13.4. The van der Waals surface area contributed by atoms with Crippen LogP contribution in [0.3, 0.4) is 0 Å². The van der Waals surface area contributed by atoms with Crippen LogP contribution in [0.15, 0.2) is 78.4 Å². The van der Waals surface area contributed by atoms with Crippen LogP contribution in [-0.2, 0) is 20.4 Å². The molecule has 196 valence electrons. The number of benzene rings is 3. The quantitative estimate of drug-likeness (QED) is 0.136. The Hall–Kier alpha value is -4.26. The normalized spacial score (nSPS) is 17.6. The van der Waals surface area contributed by atoms with E-state index in [1.165, 1.54) is 29.2 Å². The minimum atomic E-state index is -0.913. The molecule has 0 aromatic heterocycles. The molecule has 38 heavy (non-hydrogen) atoms. The molecule has 1 amide bonds. The first-order chi connectivity index (χ1) is 17.7. The third kappa shape index (κ3) is 4.96. The molecule has 7 nitrogen and oxygen atoms in total. The van der Waals surface area contributed by atoms with Crippen LogP contribution in [-0.4, -0.2) is 21.7 Å². The van der Waals surface area contributed by atoms with E-state index in [0.29, 0.717) is 11.3 Å². The number of carbonyl (C=O) groups excluding carboxylic acids is 2. The largest absolute Gasteiger partial charge is 0.507 e. The molecule has 1 saturated heterocycles. The molecule has 0 bridgehead atoms. The summed E-state index contributed by atoms with van der Waals surface area (Å²) in [4.78, 5) is 39.0. The second kappa shape index (κ2) is 9.56. The zero-order valence-corrected chi connectivity index (χ0v) is 22.5. The highest BCUT2D eigenvalue weighted by Gasteiger charge is 2.47. The zero-order valence-electron chi connectivity index (χ0n) is 22.5. The number of hydrogen-bond acceptors (Lipinski definition) is 5. The monoisotopic (exact) mass is 512 g/mol. The highest BCUT2D eigenvalue weighted by atomic mass is 16.6. The van der Waals surface area contributed by atoms with Gasteiger partial charge in [-0.05, 0) is 39.7 Å². The molecule has 1 unspecified atom stereocenters. The van der Waals surface area contributed by atoms with Gasteiger partial charge < -0.3 is 5.11 Å². The van der Waals surface area contributed by atoms with Gasteiger partial charge in [0.05, 0.1) is 16.5 Å². The average molecular weight is 513 g/mol. The molecular formula is C31H32N2O5. The Morgan fingerprint density at radius 3 is 1.87 bits per heavy atom. The molecule has 0 radical (unpaired) electrons. The number of ketones is 1. The molecule has 0 aliphatic carbocycles. The summed E-state index contributed by atoms with van der Waals surface area (Å²) in [6, 6.07) is 19.6. The molecule has 0 spiro atoms. The lowest BCUT2D eigenvalue weighted by Gasteiger charge is -2.27. The first-order valence-electron chi connectivity index (χ1n) is 12.5. The molecular weight excluding hydrogens is 480 g/mol. The molecule has 3 aromatic carbocycles. The Labute approximate surface area is 222 Å². The summed E-state index contributed by atoms with van der Waals surface area (Å²) in [5, 5.41) is 22.6. The number of nitro groups is 1. The van der Waals surface area contributed by atoms with Crippen molar-refractivity contribution in [3.05, 3.63) is 111 Å². The first-order valence-corrected chi connectivity index (χ1v) is 12.5. The second-order valence-electron chi connectivity index (χ2n) is 11.6. The van der Waals surface area contributed by atoms with Crippen LogP contribution in [0.4, 0.5) is 11.4 Å². The Bertz CT molecular complexity index is 1440. The first kappa shape index (κ1) is 26.8. The van der Waals surface area contributed by atoms with E-state index in [-0.39, 0.29) is 27.7 Å². The van der Waals surface area contributed by atoms with Crippen LogP contribution in [0.25, 0.3) is 5.76 Å². The molecule has 3 aromatic rings. The van der Waals surface area contributed by atoms with Gasteiger partial charge in [0.15, 0.2) is 0 Å². The number of anilines is 1. The molecule has 1 heterocycles. The maximum atomic E-state index is 13.4. The van der Waals surface area contributed by atoms with E-state index >= 15 is 0 Å². The standard InChI is InChI=1S/C31H32N2O5/c1-30(2,3)21-12-10-19(11-13-21)26-25(27(34)20-8-7-9-24(18-20)33(37)38)28(35)29(36)32(26)23-16-14-22(15-17-23)31(4,5)6/h7-18,26,34H,1-6H3/b27-25-. The third-order valence-corrected chi connectivity index (χ3v) is 6.88. The summed E-state index contributed by atoms with van der Waals surface area (Å²) in [6.45, 7) is 12.5. The molecule has 1 aliphatic rings. The second-order valence-corrected chi connectivity index (χ2v) is 11.6. The van der Waals surface area contributed by atoms with Crippen molar-refractivity contribution < 1.29 is 19.6 Å². The van der Waals surface area contributed by atoms with Crippen LogP contribution in [0, 0.1) is 10.1 Å². The number of non-ortho nitro benzene ring substituents is 1. The average Bonchev–Trinajstić information content (AvgIpc) is 3.13. The van der Waals surface area contributed by atoms with E-state index in [2.05, 4.69) is 41.5 Å².